The molecule has 0 bridgehead atoms. The average Bonchev–Trinajstić information content (AvgIpc) is 2.61. The molecule has 0 radical (unpaired) electrons. The van der Waals surface area contributed by atoms with Crippen LogP contribution in [0.5, 0.6) is 0 Å². The molecule has 8 heteroatoms. The summed E-state index contributed by atoms with van der Waals surface area (Å²) >= 11 is 0. The molecule has 2 rings (SSSR count). The van der Waals surface area contributed by atoms with Crippen LogP contribution in [-0.2, 0) is 11.8 Å². The Morgan fingerprint density at radius 3 is 2.78 bits per heavy atom. The zero-order valence-corrected chi connectivity index (χ0v) is 9.74. The van der Waals surface area contributed by atoms with Crippen LogP contribution >= 0.6 is 0 Å². The van der Waals surface area contributed by atoms with Gasteiger partial charge in [-0.05, 0) is 0 Å². The predicted molar refractivity (Wildman–Crippen MR) is 61.0 cm³/mol. The molecule has 18 heavy (non-hydrogen) atoms. The van der Waals surface area contributed by atoms with Gasteiger partial charge < -0.3 is 25.3 Å². The lowest BCUT2D eigenvalue weighted by Crippen LogP contribution is -2.41. The number of aliphatic hydroxyl groups is 2. The van der Waals surface area contributed by atoms with E-state index in [1.54, 1.807) is 0 Å². The number of nitrogens with one attached hydrogen (secondary N) is 1. The van der Waals surface area contributed by atoms with Crippen molar-refractivity contribution in [1.29, 1.82) is 0 Å². The summed E-state index contributed by atoms with van der Waals surface area (Å²) in [5.41, 5.74) is 4.58. The highest BCUT2D eigenvalue weighted by atomic mass is 16.5. The number of aliphatic hydroxyl groups excluding tert-OH is 2. The van der Waals surface area contributed by atoms with Crippen molar-refractivity contribution in [1.82, 2.24) is 9.55 Å². The van der Waals surface area contributed by atoms with Crippen molar-refractivity contribution in [2.75, 3.05) is 6.61 Å². The molecule has 0 saturated carbocycles. The van der Waals surface area contributed by atoms with Crippen LogP contribution in [0.4, 0.5) is 0 Å². The van der Waals surface area contributed by atoms with Crippen molar-refractivity contribution in [2.45, 2.75) is 24.4 Å². The van der Waals surface area contributed by atoms with Gasteiger partial charge in [0.1, 0.15) is 12.2 Å². The molecule has 1 aliphatic heterocycles. The first-order chi connectivity index (χ1) is 8.45. The number of aryl methyl sites for hydroxylation is 1. The Morgan fingerprint density at radius 1 is 1.56 bits per heavy atom. The van der Waals surface area contributed by atoms with Gasteiger partial charge in [-0.15, -0.1) is 0 Å². The Morgan fingerprint density at radius 2 is 2.22 bits per heavy atom. The second-order valence-electron chi connectivity index (χ2n) is 4.30. The van der Waals surface area contributed by atoms with Gasteiger partial charge in [-0.1, -0.05) is 0 Å². The molecule has 8 nitrogen and oxygen atoms in total. The SMILES string of the molecule is Cn1cc([C@@H]2O[C@H](CO)C(N)C2O)c(=O)[nH]c1=O. The Bertz CT molecular complexity index is 551. The first kappa shape index (κ1) is 13.0. The summed E-state index contributed by atoms with van der Waals surface area (Å²) in [6.07, 6.45) is -1.50. The molecule has 1 aromatic heterocycles. The molecule has 2 unspecified atom stereocenters. The van der Waals surface area contributed by atoms with E-state index in [1.807, 2.05) is 0 Å². The lowest BCUT2D eigenvalue weighted by atomic mass is 10.0. The third kappa shape index (κ3) is 1.99. The maximum Gasteiger partial charge on any atom is 0.328 e. The maximum atomic E-state index is 11.7. The fraction of sp³-hybridized carbons (Fsp3) is 0.600. The Balaban J connectivity index is 2.42. The minimum absolute atomic E-state index is 0.107. The highest BCUT2D eigenvalue weighted by molar-refractivity contribution is 5.14. The zero-order chi connectivity index (χ0) is 13.4. The Labute approximate surface area is 102 Å². The maximum absolute atomic E-state index is 11.7. The summed E-state index contributed by atoms with van der Waals surface area (Å²) in [5, 5.41) is 18.9. The molecular formula is C10H15N3O5. The number of ether oxygens (including phenoxy) is 1. The van der Waals surface area contributed by atoms with Crippen molar-refractivity contribution >= 4 is 0 Å². The number of hydrogen-bond acceptors (Lipinski definition) is 6. The van der Waals surface area contributed by atoms with E-state index in [2.05, 4.69) is 4.98 Å². The average molecular weight is 257 g/mol. The van der Waals surface area contributed by atoms with Gasteiger partial charge >= 0.3 is 5.69 Å². The van der Waals surface area contributed by atoms with Crippen molar-refractivity contribution in [3.8, 4) is 0 Å². The summed E-state index contributed by atoms with van der Waals surface area (Å²) in [6.45, 7) is -0.349. The normalized spacial score (nSPS) is 31.8. The van der Waals surface area contributed by atoms with E-state index < -0.39 is 35.6 Å². The van der Waals surface area contributed by atoms with Crippen molar-refractivity contribution < 1.29 is 14.9 Å². The minimum atomic E-state index is -1.11. The third-order valence-corrected chi connectivity index (χ3v) is 3.08. The first-order valence-electron chi connectivity index (χ1n) is 5.45. The van der Waals surface area contributed by atoms with Gasteiger partial charge in [0.15, 0.2) is 0 Å². The van der Waals surface area contributed by atoms with E-state index in [0.717, 1.165) is 0 Å². The van der Waals surface area contributed by atoms with Gasteiger partial charge in [0, 0.05) is 13.2 Å². The van der Waals surface area contributed by atoms with Crippen LogP contribution in [0, 0.1) is 0 Å². The topological polar surface area (TPSA) is 131 Å². The molecular weight excluding hydrogens is 242 g/mol. The van der Waals surface area contributed by atoms with Gasteiger partial charge in [0.2, 0.25) is 0 Å². The van der Waals surface area contributed by atoms with Crippen LogP contribution in [0.25, 0.3) is 0 Å². The number of nitrogens with zero attached hydrogens (tertiary/aromatic N) is 1. The first-order valence-corrected chi connectivity index (χ1v) is 5.45. The van der Waals surface area contributed by atoms with Crippen molar-refractivity contribution in [3.63, 3.8) is 0 Å². The second-order valence-corrected chi connectivity index (χ2v) is 4.30. The lowest BCUT2D eigenvalue weighted by Gasteiger charge is -2.14. The number of aromatic nitrogens is 2. The van der Waals surface area contributed by atoms with Gasteiger partial charge in [0.25, 0.3) is 5.56 Å². The summed E-state index contributed by atoms with van der Waals surface area (Å²) in [6, 6.07) is -0.781. The fourth-order valence-electron chi connectivity index (χ4n) is 1.99. The number of rotatable bonds is 2. The molecule has 1 aliphatic rings. The molecule has 5 N–H and O–H groups in total. The number of nitrogens with two attached hydrogens (primary N) is 1. The second kappa shape index (κ2) is 4.65. The van der Waals surface area contributed by atoms with E-state index in [9.17, 15) is 14.7 Å². The third-order valence-electron chi connectivity index (χ3n) is 3.08. The monoisotopic (exact) mass is 257 g/mol. The summed E-state index contributed by atoms with van der Waals surface area (Å²) < 4.78 is 6.51. The molecule has 100 valence electrons. The molecule has 0 aromatic carbocycles. The Kier molecular flexibility index (Phi) is 3.35. The van der Waals surface area contributed by atoms with Gasteiger partial charge in [0.05, 0.1) is 24.3 Å². The van der Waals surface area contributed by atoms with E-state index in [-0.39, 0.29) is 12.2 Å². The quantitative estimate of drug-likeness (QED) is 0.452. The van der Waals surface area contributed by atoms with E-state index in [1.165, 1.54) is 17.8 Å². The number of aromatic amines is 1. The smallest absolute Gasteiger partial charge is 0.328 e. The van der Waals surface area contributed by atoms with Crippen molar-refractivity contribution in [3.05, 3.63) is 32.6 Å². The highest BCUT2D eigenvalue weighted by Gasteiger charge is 2.43. The summed E-state index contributed by atoms with van der Waals surface area (Å²) in [4.78, 5) is 25.0. The molecule has 1 aromatic rings. The Hall–Kier alpha value is -1.48. The van der Waals surface area contributed by atoms with Crippen LogP contribution in [0.3, 0.4) is 0 Å². The molecule has 1 fully saturated rings. The molecule has 0 amide bonds. The largest absolute Gasteiger partial charge is 0.394 e. The van der Waals surface area contributed by atoms with E-state index in [4.69, 9.17) is 15.6 Å². The van der Waals surface area contributed by atoms with Crippen LogP contribution < -0.4 is 17.0 Å². The van der Waals surface area contributed by atoms with E-state index >= 15 is 0 Å². The molecule has 0 spiro atoms. The molecule has 2 heterocycles. The zero-order valence-electron chi connectivity index (χ0n) is 9.74. The van der Waals surface area contributed by atoms with Gasteiger partial charge in [-0.3, -0.25) is 9.78 Å². The summed E-state index contributed by atoms with van der Waals surface area (Å²) in [7, 11) is 1.46. The van der Waals surface area contributed by atoms with E-state index in [0.29, 0.717) is 0 Å². The lowest BCUT2D eigenvalue weighted by molar-refractivity contribution is -0.0123. The number of hydrogen-bond donors (Lipinski definition) is 4. The fourth-order valence-corrected chi connectivity index (χ4v) is 1.99. The van der Waals surface area contributed by atoms with Crippen LogP contribution in [0.2, 0.25) is 0 Å². The van der Waals surface area contributed by atoms with Crippen LogP contribution in [0.1, 0.15) is 11.7 Å². The predicted octanol–water partition coefficient (Wildman–Crippen LogP) is -2.81. The van der Waals surface area contributed by atoms with Crippen molar-refractivity contribution in [2.24, 2.45) is 12.8 Å². The molecule has 4 atom stereocenters. The minimum Gasteiger partial charge on any atom is -0.394 e. The van der Waals surface area contributed by atoms with Crippen LogP contribution in [0.15, 0.2) is 15.8 Å². The van der Waals surface area contributed by atoms with Crippen LogP contribution in [-0.4, -0.2) is 44.6 Å². The molecule has 1 saturated heterocycles. The number of H-pyrrole nitrogens is 1. The highest BCUT2D eigenvalue weighted by Crippen LogP contribution is 2.30. The summed E-state index contributed by atoms with van der Waals surface area (Å²) in [5.74, 6) is 0. The van der Waals surface area contributed by atoms with Gasteiger partial charge in [-0.2, -0.15) is 0 Å². The standard InChI is InChI=1S/C10H15N3O5/c1-13-2-4(9(16)12-10(13)17)8-7(15)6(11)5(3-14)18-8/h2,5-8,14-15H,3,11H2,1H3,(H,12,16,17)/t5-,6?,7?,8+/m1/s1. The molecule has 0 aliphatic carbocycles. The van der Waals surface area contributed by atoms with Gasteiger partial charge in [-0.25, -0.2) is 4.79 Å².